The fourth-order valence-electron chi connectivity index (χ4n) is 3.26. The van der Waals surface area contributed by atoms with Crippen LogP contribution in [0.15, 0.2) is 77.4 Å². The van der Waals surface area contributed by atoms with Crippen LogP contribution in [-0.2, 0) is 0 Å². The van der Waals surface area contributed by atoms with Crippen molar-refractivity contribution in [2.75, 3.05) is 18.5 Å². The monoisotopic (exact) mass is 389 g/mol. The largest absolute Gasteiger partial charge is 0.388 e. The zero-order valence-corrected chi connectivity index (χ0v) is 18.1. The van der Waals surface area contributed by atoms with Crippen molar-refractivity contribution < 1.29 is 4.79 Å². The molecule has 0 aromatic heterocycles. The Bertz CT molecular complexity index is 908. The molecule has 0 atom stereocenters. The van der Waals surface area contributed by atoms with Gasteiger partial charge in [0.2, 0.25) is 0 Å². The summed E-state index contributed by atoms with van der Waals surface area (Å²) >= 11 is 0. The van der Waals surface area contributed by atoms with Gasteiger partial charge in [-0.3, -0.25) is 9.79 Å². The molecular weight excluding hydrogens is 358 g/mol. The number of rotatable bonds is 9. The number of hydrogen-bond donors (Lipinski definition) is 1. The molecule has 0 radical (unpaired) electrons. The SMILES string of the molecule is C=C(NC)/C(=C/C)C(=O)c1ccccc1/C=N/c1ccc(N(CC)C(C)C)cc1. The van der Waals surface area contributed by atoms with Crippen molar-refractivity contribution >= 4 is 23.4 Å². The van der Waals surface area contributed by atoms with E-state index in [9.17, 15) is 4.79 Å². The quantitative estimate of drug-likeness (QED) is 0.265. The molecule has 2 rings (SSSR count). The molecule has 0 aliphatic heterocycles. The molecule has 0 bridgehead atoms. The van der Waals surface area contributed by atoms with Gasteiger partial charge >= 0.3 is 0 Å². The van der Waals surface area contributed by atoms with Crippen LogP contribution < -0.4 is 10.2 Å². The molecule has 152 valence electrons. The molecule has 0 saturated carbocycles. The van der Waals surface area contributed by atoms with Crippen LogP contribution in [0.2, 0.25) is 0 Å². The summed E-state index contributed by atoms with van der Waals surface area (Å²) in [5.74, 6) is -0.0697. The summed E-state index contributed by atoms with van der Waals surface area (Å²) in [6, 6.07) is 16.1. The number of hydrogen-bond acceptors (Lipinski definition) is 4. The summed E-state index contributed by atoms with van der Waals surface area (Å²) in [5, 5.41) is 2.95. The molecule has 0 fully saturated rings. The van der Waals surface area contributed by atoms with Crippen molar-refractivity contribution in [1.82, 2.24) is 5.32 Å². The topological polar surface area (TPSA) is 44.7 Å². The number of nitrogens with zero attached hydrogens (tertiary/aromatic N) is 2. The lowest BCUT2D eigenvalue weighted by Crippen LogP contribution is -2.30. The average molecular weight is 390 g/mol. The maximum atomic E-state index is 13.0. The highest BCUT2D eigenvalue weighted by atomic mass is 16.1. The van der Waals surface area contributed by atoms with Crippen molar-refractivity contribution in [3.05, 3.63) is 83.6 Å². The summed E-state index contributed by atoms with van der Waals surface area (Å²) in [7, 11) is 1.76. The minimum Gasteiger partial charge on any atom is -0.388 e. The van der Waals surface area contributed by atoms with E-state index < -0.39 is 0 Å². The van der Waals surface area contributed by atoms with E-state index in [2.05, 4.69) is 54.7 Å². The van der Waals surface area contributed by atoms with E-state index in [1.807, 2.05) is 43.3 Å². The van der Waals surface area contributed by atoms with Gasteiger partial charge < -0.3 is 10.2 Å². The average Bonchev–Trinajstić information content (AvgIpc) is 2.73. The summed E-state index contributed by atoms with van der Waals surface area (Å²) in [6.45, 7) is 13.2. The fourth-order valence-corrected chi connectivity index (χ4v) is 3.26. The van der Waals surface area contributed by atoms with Crippen LogP contribution in [0.5, 0.6) is 0 Å². The van der Waals surface area contributed by atoms with Gasteiger partial charge in [0, 0.05) is 53.9 Å². The van der Waals surface area contributed by atoms with Crippen LogP contribution in [0.3, 0.4) is 0 Å². The van der Waals surface area contributed by atoms with E-state index >= 15 is 0 Å². The van der Waals surface area contributed by atoms with Gasteiger partial charge in [-0.05, 0) is 52.0 Å². The Kier molecular flexibility index (Phi) is 7.96. The molecule has 0 heterocycles. The standard InChI is InChI=1S/C25H31N3O/c1-7-23(19(5)26-6)25(29)24-12-10-9-11-20(24)17-27-21-13-15-22(16-14-21)28(8-2)18(3)4/h7,9-18,26H,5,8H2,1-4,6H3/b23-7-,27-17+. The maximum Gasteiger partial charge on any atom is 0.195 e. The Morgan fingerprint density at radius 3 is 2.38 bits per heavy atom. The third-order valence-corrected chi connectivity index (χ3v) is 4.86. The van der Waals surface area contributed by atoms with Crippen molar-refractivity contribution in [2.45, 2.75) is 33.7 Å². The van der Waals surface area contributed by atoms with Gasteiger partial charge in [0.15, 0.2) is 5.78 Å². The number of carbonyl (C=O) groups is 1. The summed E-state index contributed by atoms with van der Waals surface area (Å²) in [5.41, 5.74) is 4.58. The van der Waals surface area contributed by atoms with Crippen molar-refractivity contribution in [3.8, 4) is 0 Å². The minimum atomic E-state index is -0.0697. The fraction of sp³-hybridized carbons (Fsp3) is 0.280. The Balaban J connectivity index is 2.28. The van der Waals surface area contributed by atoms with E-state index in [0.29, 0.717) is 22.9 Å². The number of carbonyl (C=O) groups excluding carboxylic acids is 1. The summed E-state index contributed by atoms with van der Waals surface area (Å²) in [6.07, 6.45) is 3.53. The molecular formula is C25H31N3O. The highest BCUT2D eigenvalue weighted by Crippen LogP contribution is 2.22. The number of benzene rings is 2. The van der Waals surface area contributed by atoms with Crippen LogP contribution in [0.1, 0.15) is 43.6 Å². The van der Waals surface area contributed by atoms with E-state index in [1.54, 1.807) is 19.3 Å². The molecule has 2 aromatic rings. The first-order valence-electron chi connectivity index (χ1n) is 10.0. The minimum absolute atomic E-state index is 0.0697. The molecule has 0 aliphatic carbocycles. The lowest BCUT2D eigenvalue weighted by molar-refractivity contribution is 0.103. The highest BCUT2D eigenvalue weighted by Gasteiger charge is 2.16. The zero-order valence-electron chi connectivity index (χ0n) is 18.1. The van der Waals surface area contributed by atoms with Crippen LogP contribution >= 0.6 is 0 Å². The second-order valence-corrected chi connectivity index (χ2v) is 7.00. The van der Waals surface area contributed by atoms with Crippen LogP contribution in [-0.4, -0.2) is 31.6 Å². The van der Waals surface area contributed by atoms with E-state index in [4.69, 9.17) is 0 Å². The molecule has 29 heavy (non-hydrogen) atoms. The number of anilines is 1. The summed E-state index contributed by atoms with van der Waals surface area (Å²) in [4.78, 5) is 19.9. The Labute approximate surface area is 174 Å². The van der Waals surface area contributed by atoms with E-state index in [-0.39, 0.29) is 5.78 Å². The zero-order chi connectivity index (χ0) is 21.4. The van der Waals surface area contributed by atoms with Crippen LogP contribution in [0.25, 0.3) is 0 Å². The maximum absolute atomic E-state index is 13.0. The number of aliphatic imine (C=N–C) groups is 1. The second-order valence-electron chi connectivity index (χ2n) is 7.00. The Morgan fingerprint density at radius 1 is 1.17 bits per heavy atom. The first kappa shape index (κ1) is 22.2. The number of likely N-dealkylation sites (N-methyl/N-ethyl adjacent to an activating group) is 1. The molecule has 0 unspecified atom stereocenters. The number of nitrogens with one attached hydrogen (secondary N) is 1. The first-order valence-corrected chi connectivity index (χ1v) is 10.0. The molecule has 0 aliphatic rings. The second kappa shape index (κ2) is 10.4. The van der Waals surface area contributed by atoms with Gasteiger partial charge in [-0.15, -0.1) is 0 Å². The Morgan fingerprint density at radius 2 is 1.83 bits per heavy atom. The normalized spacial score (nSPS) is 11.7. The van der Waals surface area contributed by atoms with Gasteiger partial charge in [0.1, 0.15) is 0 Å². The molecule has 2 aromatic carbocycles. The predicted octanol–water partition coefficient (Wildman–Crippen LogP) is 5.53. The molecule has 1 N–H and O–H groups in total. The third kappa shape index (κ3) is 5.44. The lowest BCUT2D eigenvalue weighted by Gasteiger charge is -2.27. The third-order valence-electron chi connectivity index (χ3n) is 4.86. The van der Waals surface area contributed by atoms with Gasteiger partial charge in [0.05, 0.1) is 5.69 Å². The van der Waals surface area contributed by atoms with Crippen molar-refractivity contribution in [3.63, 3.8) is 0 Å². The van der Waals surface area contributed by atoms with Gasteiger partial charge in [-0.25, -0.2) is 0 Å². The van der Waals surface area contributed by atoms with Gasteiger partial charge in [0.25, 0.3) is 0 Å². The lowest BCUT2D eigenvalue weighted by atomic mass is 9.97. The molecule has 4 heteroatoms. The first-order chi connectivity index (χ1) is 13.9. The smallest absolute Gasteiger partial charge is 0.195 e. The van der Waals surface area contributed by atoms with Gasteiger partial charge in [-0.1, -0.05) is 36.9 Å². The predicted molar refractivity (Wildman–Crippen MR) is 125 cm³/mol. The highest BCUT2D eigenvalue weighted by molar-refractivity contribution is 6.15. The number of ketones is 1. The molecule has 0 spiro atoms. The molecule has 4 nitrogen and oxygen atoms in total. The Hall–Kier alpha value is -3.14. The van der Waals surface area contributed by atoms with E-state index in [1.165, 1.54) is 5.69 Å². The molecule has 0 saturated heterocycles. The molecule has 0 amide bonds. The van der Waals surface area contributed by atoms with Gasteiger partial charge in [-0.2, -0.15) is 0 Å². The van der Waals surface area contributed by atoms with Crippen molar-refractivity contribution in [1.29, 1.82) is 0 Å². The van der Waals surface area contributed by atoms with E-state index in [0.717, 1.165) is 17.8 Å². The number of Topliss-reactive ketones (excluding diaryl/α,β-unsaturated/α-hetero) is 1. The van der Waals surface area contributed by atoms with Crippen LogP contribution in [0.4, 0.5) is 11.4 Å². The summed E-state index contributed by atoms with van der Waals surface area (Å²) < 4.78 is 0. The van der Waals surface area contributed by atoms with Crippen LogP contribution in [0, 0.1) is 0 Å². The van der Waals surface area contributed by atoms with Crippen molar-refractivity contribution in [2.24, 2.45) is 4.99 Å². The number of allylic oxidation sites excluding steroid dienone is 2.